The zero-order valence-electron chi connectivity index (χ0n) is 28.4. The number of benzene rings is 1. The number of hydrogen-bond donors (Lipinski definition) is 3. The number of hydrogen-bond acceptors (Lipinski definition) is 10. The van der Waals surface area contributed by atoms with E-state index in [2.05, 4.69) is 43.1 Å². The van der Waals surface area contributed by atoms with Crippen LogP contribution >= 0.6 is 35.1 Å². The molecule has 2 aromatic heterocycles. The Labute approximate surface area is 293 Å². The van der Waals surface area contributed by atoms with Gasteiger partial charge in [0.1, 0.15) is 16.7 Å². The van der Waals surface area contributed by atoms with E-state index in [4.69, 9.17) is 16.3 Å². The summed E-state index contributed by atoms with van der Waals surface area (Å²) in [5.74, 6) is 0.727. The van der Waals surface area contributed by atoms with Gasteiger partial charge in [0.15, 0.2) is 0 Å². The average molecular weight is 706 g/mol. The molecule has 0 spiro atoms. The van der Waals surface area contributed by atoms with Gasteiger partial charge < -0.3 is 25.6 Å². The number of carbonyl (C=O) groups excluding carboxylic acids is 1. The van der Waals surface area contributed by atoms with E-state index < -0.39 is 5.82 Å². The van der Waals surface area contributed by atoms with Gasteiger partial charge in [-0.05, 0) is 83.5 Å². The van der Waals surface area contributed by atoms with Gasteiger partial charge in [0.2, 0.25) is 5.91 Å². The molecule has 1 aliphatic heterocycles. The number of rotatable bonds is 9. The molecule has 1 aliphatic carbocycles. The largest absolute Gasteiger partial charge is 0.375 e. The van der Waals surface area contributed by atoms with E-state index in [1.54, 1.807) is 36.2 Å². The second kappa shape index (κ2) is 20.1. The SMILES string of the molecule is CC(C)(C)OCCSc1nnc(-c2cc(Cl)ccc2F)cc1Nc1ccnc(NC(=O)C2CCCC2)c1.CN1CCNCC1.CSC. The van der Waals surface area contributed by atoms with E-state index in [1.165, 1.54) is 43.1 Å². The third-order valence-electron chi connectivity index (χ3n) is 7.18. The first-order chi connectivity index (χ1) is 22.5. The van der Waals surface area contributed by atoms with Crippen LogP contribution in [0.4, 0.5) is 21.6 Å². The van der Waals surface area contributed by atoms with Crippen molar-refractivity contribution in [3.05, 3.63) is 53.4 Å². The molecule has 0 atom stereocenters. The minimum Gasteiger partial charge on any atom is -0.375 e. The third-order valence-corrected chi connectivity index (χ3v) is 8.36. The molecular weight excluding hydrogens is 657 g/mol. The number of amides is 1. The second-order valence-corrected chi connectivity index (χ2v) is 14.7. The maximum atomic E-state index is 14.6. The predicted octanol–water partition coefficient (Wildman–Crippen LogP) is 7.61. The first kappa shape index (κ1) is 39.0. The minimum atomic E-state index is -0.440. The van der Waals surface area contributed by atoms with Gasteiger partial charge in [-0.2, -0.15) is 11.8 Å². The van der Waals surface area contributed by atoms with Crippen LogP contribution in [-0.4, -0.2) is 89.7 Å². The van der Waals surface area contributed by atoms with Crippen molar-refractivity contribution in [3.63, 3.8) is 0 Å². The lowest BCUT2D eigenvalue weighted by Gasteiger charge is -2.21. The first-order valence-electron chi connectivity index (χ1n) is 15.9. The summed E-state index contributed by atoms with van der Waals surface area (Å²) in [5.41, 5.74) is 1.72. The molecule has 2 fully saturated rings. The fourth-order valence-corrected chi connectivity index (χ4v) is 5.71. The van der Waals surface area contributed by atoms with Gasteiger partial charge in [-0.3, -0.25) is 4.79 Å². The van der Waals surface area contributed by atoms with Crippen LogP contribution in [0.3, 0.4) is 0 Å². The standard InChI is InChI=1S/C27H31ClFN5O2S.C5H12N2.C2H6S/c1-27(2,3)36-12-13-37-26-23(16-22(33-34-26)20-14-18(28)8-9-21(20)29)31-19-10-11-30-24(15-19)32-25(35)17-6-4-5-7-17;1-7-4-2-6-3-5-7;1-3-2/h8-11,14-17H,4-7,12-13H2,1-3H3,(H2,30,31,32,33,35);6H,2-5H2,1H3;1-2H3. The summed E-state index contributed by atoms with van der Waals surface area (Å²) < 4.78 is 20.4. The molecule has 13 heteroatoms. The van der Waals surface area contributed by atoms with Crippen LogP contribution in [0.1, 0.15) is 46.5 Å². The van der Waals surface area contributed by atoms with Crippen molar-refractivity contribution in [2.75, 3.05) is 68.7 Å². The molecule has 0 unspecified atom stereocenters. The smallest absolute Gasteiger partial charge is 0.228 e. The van der Waals surface area contributed by atoms with Gasteiger partial charge in [-0.15, -0.1) is 22.0 Å². The maximum absolute atomic E-state index is 14.6. The fourth-order valence-electron chi connectivity index (χ4n) is 4.81. The number of piperazine rings is 1. The van der Waals surface area contributed by atoms with Gasteiger partial charge in [0, 0.05) is 66.4 Å². The number of pyridine rings is 1. The Kier molecular flexibility index (Phi) is 16.7. The maximum Gasteiger partial charge on any atom is 0.228 e. The Morgan fingerprint density at radius 2 is 1.81 bits per heavy atom. The van der Waals surface area contributed by atoms with Crippen molar-refractivity contribution in [2.24, 2.45) is 5.92 Å². The quantitative estimate of drug-likeness (QED) is 0.152. The predicted molar refractivity (Wildman–Crippen MR) is 197 cm³/mol. The molecule has 1 aromatic carbocycles. The Hall–Kier alpha value is -2.48. The second-order valence-electron chi connectivity index (χ2n) is 12.4. The van der Waals surface area contributed by atoms with Crippen molar-refractivity contribution in [1.29, 1.82) is 0 Å². The van der Waals surface area contributed by atoms with Crippen LogP contribution in [0.15, 0.2) is 47.6 Å². The Bertz CT molecular complexity index is 1400. The van der Waals surface area contributed by atoms with E-state index in [0.29, 0.717) is 45.3 Å². The molecule has 0 radical (unpaired) electrons. The highest BCUT2D eigenvalue weighted by Gasteiger charge is 2.23. The van der Waals surface area contributed by atoms with Gasteiger partial charge in [0.05, 0.1) is 23.6 Å². The molecule has 47 heavy (non-hydrogen) atoms. The number of likely N-dealkylation sites (N-methyl/N-ethyl adjacent to an activating group) is 1. The normalized spacial score (nSPS) is 15.2. The van der Waals surface area contributed by atoms with Crippen molar-refractivity contribution in [1.82, 2.24) is 25.4 Å². The van der Waals surface area contributed by atoms with E-state index in [-0.39, 0.29) is 23.0 Å². The summed E-state index contributed by atoms with van der Waals surface area (Å²) in [4.78, 5) is 19.2. The number of halogens is 2. The molecule has 3 N–H and O–H groups in total. The molecule has 3 heterocycles. The summed E-state index contributed by atoms with van der Waals surface area (Å²) in [5, 5.41) is 19.2. The molecule has 3 aromatic rings. The average Bonchev–Trinajstić information content (AvgIpc) is 3.58. The first-order valence-corrected chi connectivity index (χ1v) is 18.9. The van der Waals surface area contributed by atoms with Gasteiger partial charge in [-0.1, -0.05) is 24.4 Å². The number of aromatic nitrogens is 3. The highest BCUT2D eigenvalue weighted by molar-refractivity contribution is 7.99. The summed E-state index contributed by atoms with van der Waals surface area (Å²) in [7, 11) is 2.15. The van der Waals surface area contributed by atoms with Crippen LogP contribution in [-0.2, 0) is 9.53 Å². The molecule has 1 saturated heterocycles. The summed E-state index contributed by atoms with van der Waals surface area (Å²) in [6.07, 6.45) is 9.70. The van der Waals surface area contributed by atoms with Crippen molar-refractivity contribution >= 4 is 58.2 Å². The van der Waals surface area contributed by atoms with E-state index in [1.807, 2.05) is 33.3 Å². The topological polar surface area (TPSA) is 104 Å². The lowest BCUT2D eigenvalue weighted by molar-refractivity contribution is -0.119. The number of carbonyl (C=O) groups is 1. The summed E-state index contributed by atoms with van der Waals surface area (Å²) in [6.45, 7) is 11.3. The highest BCUT2D eigenvalue weighted by Crippen LogP contribution is 2.33. The zero-order chi connectivity index (χ0) is 34.2. The van der Waals surface area contributed by atoms with Crippen molar-refractivity contribution < 1.29 is 13.9 Å². The lowest BCUT2D eigenvalue weighted by atomic mass is 10.1. The summed E-state index contributed by atoms with van der Waals surface area (Å²) in [6, 6.07) is 9.63. The fraction of sp³-hybridized carbons (Fsp3) is 0.529. The minimum absolute atomic E-state index is 0.00142. The summed E-state index contributed by atoms with van der Waals surface area (Å²) >= 11 is 9.34. The Morgan fingerprint density at radius 3 is 2.45 bits per heavy atom. The van der Waals surface area contributed by atoms with E-state index >= 15 is 0 Å². The van der Waals surface area contributed by atoms with Crippen LogP contribution in [0.25, 0.3) is 11.3 Å². The molecule has 258 valence electrons. The van der Waals surface area contributed by atoms with Gasteiger partial charge >= 0.3 is 0 Å². The number of thioether (sulfide) groups is 2. The Morgan fingerprint density at radius 1 is 1.11 bits per heavy atom. The van der Waals surface area contributed by atoms with Crippen LogP contribution in [0.5, 0.6) is 0 Å². The van der Waals surface area contributed by atoms with E-state index in [0.717, 1.165) is 38.8 Å². The monoisotopic (exact) mass is 705 g/mol. The molecule has 2 aliphatic rings. The molecule has 5 rings (SSSR count). The Balaban J connectivity index is 0.000000517. The van der Waals surface area contributed by atoms with Gasteiger partial charge in [0.25, 0.3) is 0 Å². The zero-order valence-corrected chi connectivity index (χ0v) is 30.8. The molecule has 0 bridgehead atoms. The van der Waals surface area contributed by atoms with Crippen molar-refractivity contribution in [3.8, 4) is 11.3 Å². The third kappa shape index (κ3) is 14.3. The number of nitrogens with one attached hydrogen (secondary N) is 3. The molecule has 1 saturated carbocycles. The highest BCUT2D eigenvalue weighted by atomic mass is 35.5. The number of anilines is 3. The van der Waals surface area contributed by atoms with Crippen LogP contribution < -0.4 is 16.0 Å². The van der Waals surface area contributed by atoms with Crippen molar-refractivity contribution in [2.45, 2.75) is 57.1 Å². The molecule has 9 nitrogen and oxygen atoms in total. The van der Waals surface area contributed by atoms with E-state index in [9.17, 15) is 9.18 Å². The van der Waals surface area contributed by atoms with Crippen LogP contribution in [0.2, 0.25) is 5.02 Å². The number of ether oxygens (including phenoxy) is 1. The molecule has 1 amide bonds. The lowest BCUT2D eigenvalue weighted by Crippen LogP contribution is -2.40. The number of nitrogens with zero attached hydrogens (tertiary/aromatic N) is 4. The molecular formula is C34H49ClFN7O2S2. The van der Waals surface area contributed by atoms with Gasteiger partial charge in [-0.25, -0.2) is 9.37 Å². The van der Waals surface area contributed by atoms with Crippen LogP contribution in [0, 0.1) is 11.7 Å².